The summed E-state index contributed by atoms with van der Waals surface area (Å²) in [6.45, 7) is 7.76. The number of methoxy groups -OCH3 is 1. The molecule has 1 fully saturated rings. The molecule has 4 N–H and O–H groups in total. The third kappa shape index (κ3) is 20.2. The molecule has 1 atom stereocenters. The van der Waals surface area contributed by atoms with Crippen LogP contribution < -0.4 is 5.48 Å². The molecule has 1 unspecified atom stereocenters. The molecule has 1 aliphatic rings. The number of benzene rings is 1. The van der Waals surface area contributed by atoms with Crippen molar-refractivity contribution < 1.29 is 52.9 Å². The molecule has 6 heteroatoms. The van der Waals surface area contributed by atoms with E-state index in [9.17, 15) is 0 Å². The standard InChI is InChI=1S/C11H16O.C3H7NO.C2H6O2.C2H6.Y/c1-9-5-3-4-6-11(9)8-7-10(2)12;5-4-3-1-2-3;1-4-2-3;1-2;/h3-6,10,12H,7-8H2,1-2H3;3-5H,1-2H2;3H,2H2,1H3;1-2H3;. The number of aryl methyl sites for hydroxylation is 2. The number of hydrogen-bond acceptors (Lipinski definition) is 5. The van der Waals surface area contributed by atoms with Crippen LogP contribution in [0.5, 0.6) is 0 Å². The van der Waals surface area contributed by atoms with Gasteiger partial charge in [0, 0.05) is 45.9 Å². The van der Waals surface area contributed by atoms with Gasteiger partial charge in [-0.3, -0.25) is 0 Å². The van der Waals surface area contributed by atoms with Crippen LogP contribution in [0.25, 0.3) is 0 Å². The fraction of sp³-hybridized carbons (Fsp3) is 0.667. The minimum atomic E-state index is -0.190. The molecular weight excluding hydrogens is 383 g/mol. The van der Waals surface area contributed by atoms with Gasteiger partial charge in [-0.2, -0.15) is 0 Å². The molecule has 0 amide bonds. The average Bonchev–Trinajstić information content (AvgIpc) is 3.41. The summed E-state index contributed by atoms with van der Waals surface area (Å²) in [5, 5.41) is 24.7. The fourth-order valence-electron chi connectivity index (χ4n) is 1.47. The van der Waals surface area contributed by atoms with Crippen molar-refractivity contribution in [2.45, 2.75) is 65.5 Å². The number of nitrogens with one attached hydrogen (secondary N) is 1. The SMILES string of the molecule is CC.COCO.Cc1ccccc1CCC(C)O.ONC1CC1.[Y]. The molecule has 0 spiro atoms. The number of aliphatic hydroxyl groups is 2. The number of aliphatic hydroxyl groups excluding tert-OH is 2. The Bertz CT molecular complexity index is 359. The summed E-state index contributed by atoms with van der Waals surface area (Å²) >= 11 is 0. The maximum absolute atomic E-state index is 9.10. The second-order valence-corrected chi connectivity index (χ2v) is 5.14. The summed E-state index contributed by atoms with van der Waals surface area (Å²) in [7, 11) is 1.43. The van der Waals surface area contributed by atoms with E-state index in [-0.39, 0.29) is 45.6 Å². The Balaban J connectivity index is -0.000000306. The van der Waals surface area contributed by atoms with Crippen molar-refractivity contribution in [3.05, 3.63) is 35.4 Å². The first-order valence-electron chi connectivity index (χ1n) is 8.27. The maximum Gasteiger partial charge on any atom is 0.143 e. The number of ether oxygens (including phenoxy) is 1. The first-order valence-corrected chi connectivity index (χ1v) is 8.27. The van der Waals surface area contributed by atoms with Crippen LogP contribution >= 0.6 is 0 Å². The van der Waals surface area contributed by atoms with Gasteiger partial charge in [-0.05, 0) is 50.7 Å². The summed E-state index contributed by atoms with van der Waals surface area (Å²) < 4.78 is 4.10. The summed E-state index contributed by atoms with van der Waals surface area (Å²) in [4.78, 5) is 0. The number of hydroxylamine groups is 1. The zero-order valence-electron chi connectivity index (χ0n) is 15.8. The summed E-state index contributed by atoms with van der Waals surface area (Å²) in [5.41, 5.74) is 4.80. The summed E-state index contributed by atoms with van der Waals surface area (Å²) in [6, 6.07) is 8.76. The third-order valence-electron chi connectivity index (χ3n) is 2.98. The number of rotatable bonds is 5. The van der Waals surface area contributed by atoms with E-state index < -0.39 is 0 Å². The van der Waals surface area contributed by atoms with Crippen LogP contribution in [-0.4, -0.2) is 41.5 Å². The number of hydrogen-bond donors (Lipinski definition) is 4. The predicted octanol–water partition coefficient (Wildman–Crippen LogP) is 3.04. The van der Waals surface area contributed by atoms with Gasteiger partial charge in [-0.15, -0.1) is 0 Å². The van der Waals surface area contributed by atoms with Gasteiger partial charge < -0.3 is 20.2 Å². The van der Waals surface area contributed by atoms with E-state index in [1.54, 1.807) is 0 Å². The molecule has 1 aromatic carbocycles. The first kappa shape index (κ1) is 28.9. The van der Waals surface area contributed by atoms with Gasteiger partial charge in [0.25, 0.3) is 0 Å². The molecule has 0 heterocycles. The molecule has 0 saturated heterocycles. The van der Waals surface area contributed by atoms with Crippen LogP contribution in [0.15, 0.2) is 24.3 Å². The largest absolute Gasteiger partial charge is 0.393 e. The van der Waals surface area contributed by atoms with E-state index in [1.807, 2.05) is 32.9 Å². The van der Waals surface area contributed by atoms with Crippen molar-refractivity contribution in [2.75, 3.05) is 13.9 Å². The predicted molar refractivity (Wildman–Crippen MR) is 94.6 cm³/mol. The molecular formula is C18H35NO4Y. The van der Waals surface area contributed by atoms with Gasteiger partial charge in [0.15, 0.2) is 0 Å². The molecule has 5 nitrogen and oxygen atoms in total. The maximum atomic E-state index is 9.10. The summed E-state index contributed by atoms with van der Waals surface area (Å²) in [6.07, 6.45) is 3.94. The second kappa shape index (κ2) is 21.2. The van der Waals surface area contributed by atoms with Crippen LogP contribution in [-0.2, 0) is 43.9 Å². The van der Waals surface area contributed by atoms with Crippen molar-refractivity contribution in [1.82, 2.24) is 5.48 Å². The summed E-state index contributed by atoms with van der Waals surface area (Å²) in [5.74, 6) is 0. The van der Waals surface area contributed by atoms with Crippen molar-refractivity contribution in [1.29, 1.82) is 0 Å². The quantitative estimate of drug-likeness (QED) is 0.437. The Morgan fingerprint density at radius 1 is 1.25 bits per heavy atom. The van der Waals surface area contributed by atoms with Gasteiger partial charge in [-0.1, -0.05) is 38.1 Å². The molecule has 1 aliphatic carbocycles. The van der Waals surface area contributed by atoms with Crippen LogP contribution in [0.2, 0.25) is 0 Å². The fourth-order valence-corrected chi connectivity index (χ4v) is 1.47. The van der Waals surface area contributed by atoms with E-state index in [0.29, 0.717) is 6.04 Å². The van der Waals surface area contributed by atoms with Gasteiger partial charge >= 0.3 is 0 Å². The zero-order chi connectivity index (χ0) is 18.1. The van der Waals surface area contributed by atoms with Crippen LogP contribution in [0.4, 0.5) is 0 Å². The Kier molecular flexibility index (Phi) is 25.5. The Morgan fingerprint density at radius 3 is 2.04 bits per heavy atom. The molecule has 1 aromatic rings. The van der Waals surface area contributed by atoms with Crippen LogP contribution in [0.1, 0.15) is 51.2 Å². The van der Waals surface area contributed by atoms with Crippen LogP contribution in [0, 0.1) is 6.92 Å². The molecule has 1 radical (unpaired) electrons. The normalized spacial score (nSPS) is 12.8. The Labute approximate surface area is 172 Å². The topological polar surface area (TPSA) is 82.0 Å². The minimum Gasteiger partial charge on any atom is -0.393 e. The van der Waals surface area contributed by atoms with Gasteiger partial charge in [0.1, 0.15) is 6.79 Å². The smallest absolute Gasteiger partial charge is 0.143 e. The Morgan fingerprint density at radius 2 is 1.75 bits per heavy atom. The van der Waals surface area contributed by atoms with Gasteiger partial charge in [-0.25, -0.2) is 5.48 Å². The minimum absolute atomic E-state index is 0. The van der Waals surface area contributed by atoms with E-state index >= 15 is 0 Å². The zero-order valence-corrected chi connectivity index (χ0v) is 18.7. The molecule has 2 rings (SSSR count). The van der Waals surface area contributed by atoms with E-state index in [0.717, 1.165) is 25.7 Å². The molecule has 1 saturated carbocycles. The van der Waals surface area contributed by atoms with E-state index in [4.69, 9.17) is 15.4 Å². The van der Waals surface area contributed by atoms with E-state index in [2.05, 4.69) is 29.3 Å². The molecule has 24 heavy (non-hydrogen) atoms. The van der Waals surface area contributed by atoms with Crippen molar-refractivity contribution in [3.63, 3.8) is 0 Å². The molecule has 0 aromatic heterocycles. The third-order valence-corrected chi connectivity index (χ3v) is 2.98. The van der Waals surface area contributed by atoms with Gasteiger partial charge in [0.05, 0.1) is 6.10 Å². The van der Waals surface area contributed by atoms with Crippen molar-refractivity contribution in [3.8, 4) is 0 Å². The molecule has 139 valence electrons. The van der Waals surface area contributed by atoms with Crippen LogP contribution in [0.3, 0.4) is 0 Å². The van der Waals surface area contributed by atoms with Crippen molar-refractivity contribution >= 4 is 0 Å². The Hall–Kier alpha value is 0.124. The average molecular weight is 418 g/mol. The van der Waals surface area contributed by atoms with Gasteiger partial charge in [0.2, 0.25) is 0 Å². The van der Waals surface area contributed by atoms with E-state index in [1.165, 1.54) is 18.2 Å². The first-order chi connectivity index (χ1) is 11.0. The second-order valence-electron chi connectivity index (χ2n) is 5.14. The van der Waals surface area contributed by atoms with Crippen molar-refractivity contribution in [2.24, 2.45) is 0 Å². The molecule has 0 aliphatic heterocycles. The monoisotopic (exact) mass is 418 g/mol. The molecule has 0 bridgehead atoms.